The molecule has 0 aliphatic carbocycles. The highest BCUT2D eigenvalue weighted by atomic mass is 32.2. The van der Waals surface area contributed by atoms with Crippen molar-refractivity contribution >= 4 is 42.6 Å². The van der Waals surface area contributed by atoms with Crippen LogP contribution >= 0.6 is 11.3 Å². The minimum absolute atomic E-state index is 0.163. The predicted octanol–water partition coefficient (Wildman–Crippen LogP) is 4.47. The summed E-state index contributed by atoms with van der Waals surface area (Å²) < 4.78 is 34.1. The van der Waals surface area contributed by atoms with Crippen LogP contribution < -0.4 is 5.32 Å². The maximum absolute atomic E-state index is 13.0. The van der Waals surface area contributed by atoms with Crippen molar-refractivity contribution in [1.82, 2.24) is 9.29 Å². The molecule has 2 unspecified atom stereocenters. The Balaban J connectivity index is 1.51. The van der Waals surface area contributed by atoms with Gasteiger partial charge in [0.15, 0.2) is 5.13 Å². The summed E-state index contributed by atoms with van der Waals surface area (Å²) >= 11 is 1.42. The number of carbonyl (C=O) groups is 1. The van der Waals surface area contributed by atoms with E-state index in [0.717, 1.165) is 15.8 Å². The number of nitrogens with zero attached hydrogens (tertiary/aromatic N) is 2. The predicted molar refractivity (Wildman–Crippen MR) is 127 cm³/mol. The van der Waals surface area contributed by atoms with Gasteiger partial charge in [-0.2, -0.15) is 4.31 Å². The van der Waals surface area contributed by atoms with Crippen LogP contribution in [0.5, 0.6) is 0 Å². The first-order chi connectivity index (χ1) is 15.1. The Labute approximate surface area is 192 Å². The highest BCUT2D eigenvalue weighted by molar-refractivity contribution is 7.89. The number of carbonyl (C=O) groups excluding carboxylic acids is 1. The van der Waals surface area contributed by atoms with E-state index < -0.39 is 10.0 Å². The largest absolute Gasteiger partial charge is 0.373 e. The van der Waals surface area contributed by atoms with Crippen molar-refractivity contribution in [2.24, 2.45) is 0 Å². The highest BCUT2D eigenvalue weighted by Crippen LogP contribution is 2.32. The summed E-state index contributed by atoms with van der Waals surface area (Å²) in [6.45, 7) is 8.56. The van der Waals surface area contributed by atoms with Gasteiger partial charge >= 0.3 is 0 Å². The average Bonchev–Trinajstić information content (AvgIpc) is 3.15. The molecule has 2 aromatic carbocycles. The Morgan fingerprint density at radius 2 is 1.78 bits per heavy atom. The van der Waals surface area contributed by atoms with Crippen molar-refractivity contribution in [3.05, 3.63) is 53.6 Å². The molecule has 2 heterocycles. The molecule has 32 heavy (non-hydrogen) atoms. The van der Waals surface area contributed by atoms with Gasteiger partial charge in [0.2, 0.25) is 10.0 Å². The average molecular weight is 474 g/mol. The number of amides is 1. The van der Waals surface area contributed by atoms with E-state index in [0.29, 0.717) is 29.7 Å². The van der Waals surface area contributed by atoms with E-state index in [1.165, 1.54) is 39.9 Å². The number of morpholine rings is 1. The fourth-order valence-electron chi connectivity index (χ4n) is 3.91. The molecule has 0 bridgehead atoms. The van der Waals surface area contributed by atoms with Crippen molar-refractivity contribution in [3.8, 4) is 0 Å². The van der Waals surface area contributed by atoms with E-state index in [2.05, 4.69) is 24.1 Å². The number of aromatic nitrogens is 1. The Bertz CT molecular complexity index is 1230. The van der Waals surface area contributed by atoms with Crippen LogP contribution in [0.2, 0.25) is 0 Å². The number of rotatable bonds is 5. The van der Waals surface area contributed by atoms with Crippen LogP contribution in [0.15, 0.2) is 47.4 Å². The molecule has 1 fully saturated rings. The summed E-state index contributed by atoms with van der Waals surface area (Å²) in [7, 11) is -3.65. The van der Waals surface area contributed by atoms with Gasteiger partial charge in [0.05, 0.1) is 27.3 Å². The van der Waals surface area contributed by atoms with Crippen LogP contribution in [0.1, 0.15) is 49.5 Å². The van der Waals surface area contributed by atoms with E-state index in [1.54, 1.807) is 0 Å². The minimum atomic E-state index is -3.65. The van der Waals surface area contributed by atoms with Gasteiger partial charge in [-0.1, -0.05) is 37.3 Å². The molecule has 1 aromatic heterocycles. The molecule has 1 amide bonds. The van der Waals surface area contributed by atoms with E-state index in [9.17, 15) is 13.2 Å². The van der Waals surface area contributed by atoms with Gasteiger partial charge in [-0.15, -0.1) is 0 Å². The number of anilines is 1. The summed E-state index contributed by atoms with van der Waals surface area (Å²) in [6.07, 6.45) is -0.327. The third-order valence-electron chi connectivity index (χ3n) is 5.43. The molecule has 1 aliphatic rings. The van der Waals surface area contributed by atoms with Crippen LogP contribution in [-0.4, -0.2) is 48.9 Å². The second kappa shape index (κ2) is 8.90. The van der Waals surface area contributed by atoms with E-state index >= 15 is 0 Å². The van der Waals surface area contributed by atoms with E-state index in [4.69, 9.17) is 4.74 Å². The molecular formula is C23H27N3O4S2. The zero-order valence-corrected chi connectivity index (χ0v) is 20.2. The van der Waals surface area contributed by atoms with Crippen LogP contribution in [0, 0.1) is 0 Å². The Hall–Kier alpha value is -2.33. The summed E-state index contributed by atoms with van der Waals surface area (Å²) in [5.74, 6) is 0.00371. The first kappa shape index (κ1) is 22.8. The molecule has 0 spiro atoms. The van der Waals surface area contributed by atoms with Crippen molar-refractivity contribution in [3.63, 3.8) is 0 Å². The molecule has 0 saturated carbocycles. The molecule has 1 N–H and O–H groups in total. The van der Waals surface area contributed by atoms with Crippen LogP contribution in [0.4, 0.5) is 5.13 Å². The fourth-order valence-corrected chi connectivity index (χ4v) is 6.40. The third-order valence-corrected chi connectivity index (χ3v) is 8.21. The van der Waals surface area contributed by atoms with Crippen LogP contribution in [-0.2, 0) is 14.8 Å². The topological polar surface area (TPSA) is 88.6 Å². The number of thiazole rings is 1. The summed E-state index contributed by atoms with van der Waals surface area (Å²) in [6, 6.07) is 12.0. The first-order valence-corrected chi connectivity index (χ1v) is 12.9. The second-order valence-corrected chi connectivity index (χ2v) is 11.4. The standard InChI is InChI=1S/C23H27N3O4S2/c1-14(2)19-6-5-7-20-21(19)24-23(31-20)25-22(27)17-8-10-18(11-9-17)32(28,29)26-12-15(3)30-16(4)13-26/h5-11,14-16H,12-13H2,1-4H3,(H,24,25,27). The molecule has 1 aliphatic heterocycles. The monoisotopic (exact) mass is 473 g/mol. The van der Waals surface area contributed by atoms with Crippen molar-refractivity contribution < 1.29 is 17.9 Å². The lowest BCUT2D eigenvalue weighted by atomic mass is 10.0. The fraction of sp³-hybridized carbons (Fsp3) is 0.391. The summed E-state index contributed by atoms with van der Waals surface area (Å²) in [4.78, 5) is 17.5. The zero-order valence-electron chi connectivity index (χ0n) is 18.5. The maximum atomic E-state index is 13.0. The first-order valence-electron chi connectivity index (χ1n) is 10.6. The number of ether oxygens (including phenoxy) is 1. The number of hydrogen-bond donors (Lipinski definition) is 1. The van der Waals surface area contributed by atoms with Crippen LogP contribution in [0.3, 0.4) is 0 Å². The minimum Gasteiger partial charge on any atom is -0.373 e. The zero-order chi connectivity index (χ0) is 23.0. The lowest BCUT2D eigenvalue weighted by Gasteiger charge is -2.34. The molecule has 0 radical (unpaired) electrons. The van der Waals surface area contributed by atoms with Crippen molar-refractivity contribution in [1.29, 1.82) is 0 Å². The highest BCUT2D eigenvalue weighted by Gasteiger charge is 2.32. The second-order valence-electron chi connectivity index (χ2n) is 8.43. The maximum Gasteiger partial charge on any atom is 0.257 e. The van der Waals surface area contributed by atoms with Crippen molar-refractivity contribution in [2.45, 2.75) is 50.7 Å². The van der Waals surface area contributed by atoms with Gasteiger partial charge in [-0.25, -0.2) is 13.4 Å². The molecule has 2 atom stereocenters. The SMILES string of the molecule is CC1CN(S(=O)(=O)c2ccc(C(=O)Nc3nc4c(C(C)C)cccc4s3)cc2)CC(C)O1. The molecule has 3 aromatic rings. The summed E-state index contributed by atoms with van der Waals surface area (Å²) in [5, 5.41) is 3.36. The van der Waals surface area contributed by atoms with Crippen molar-refractivity contribution in [2.75, 3.05) is 18.4 Å². The smallest absolute Gasteiger partial charge is 0.257 e. The number of hydrogen-bond acceptors (Lipinski definition) is 6. The quantitative estimate of drug-likeness (QED) is 0.591. The molecule has 9 heteroatoms. The van der Waals surface area contributed by atoms with Gasteiger partial charge < -0.3 is 4.74 Å². The molecule has 7 nitrogen and oxygen atoms in total. The van der Waals surface area contributed by atoms with Gasteiger partial charge in [-0.3, -0.25) is 10.1 Å². The van der Waals surface area contributed by atoms with Gasteiger partial charge in [0.1, 0.15) is 0 Å². The lowest BCUT2D eigenvalue weighted by molar-refractivity contribution is -0.0440. The Morgan fingerprint density at radius 3 is 2.41 bits per heavy atom. The number of nitrogens with one attached hydrogen (secondary N) is 1. The Kier molecular flexibility index (Phi) is 6.35. The van der Waals surface area contributed by atoms with E-state index in [1.807, 2.05) is 32.0 Å². The number of sulfonamides is 1. The normalized spacial score (nSPS) is 20.0. The molecule has 1 saturated heterocycles. The molecule has 4 rings (SSSR count). The summed E-state index contributed by atoms with van der Waals surface area (Å²) in [5.41, 5.74) is 2.41. The lowest BCUT2D eigenvalue weighted by Crippen LogP contribution is -2.48. The van der Waals surface area contributed by atoms with Gasteiger partial charge in [-0.05, 0) is 55.7 Å². The van der Waals surface area contributed by atoms with E-state index in [-0.39, 0.29) is 23.0 Å². The molecular weight excluding hydrogens is 446 g/mol. The number of benzene rings is 2. The van der Waals surface area contributed by atoms with Gasteiger partial charge in [0.25, 0.3) is 5.91 Å². The number of fused-ring (bicyclic) bond motifs is 1. The Morgan fingerprint density at radius 1 is 1.12 bits per heavy atom. The number of para-hydroxylation sites is 1. The van der Waals surface area contributed by atoms with Crippen LogP contribution in [0.25, 0.3) is 10.2 Å². The third kappa shape index (κ3) is 4.56. The van der Waals surface area contributed by atoms with Gasteiger partial charge in [0, 0.05) is 18.7 Å². The molecule has 170 valence electrons.